The number of anilines is 1. The summed E-state index contributed by atoms with van der Waals surface area (Å²) in [5.41, 5.74) is 0. The average molecular weight is 206 g/mol. The maximum Gasteiger partial charge on any atom is 0.221 e. The molecular formula is C11H18N4. The summed E-state index contributed by atoms with van der Waals surface area (Å²) in [5.74, 6) is 2.75. The third kappa shape index (κ3) is 1.43. The van der Waals surface area contributed by atoms with Crippen LogP contribution in [0.1, 0.15) is 44.5 Å². The molecule has 1 aromatic heterocycles. The Morgan fingerprint density at radius 3 is 3.13 bits per heavy atom. The van der Waals surface area contributed by atoms with Gasteiger partial charge in [0.25, 0.3) is 0 Å². The fourth-order valence-corrected chi connectivity index (χ4v) is 2.84. The standard InChI is InChI=1S/C11H18N4/c1-2-10-13-11-12-7-8-5-3-4-6-9(8)15(11)14-10/h8-9H,2-7H2,1H3,(H,12,13,14). The van der Waals surface area contributed by atoms with Gasteiger partial charge in [-0.25, -0.2) is 4.68 Å². The van der Waals surface area contributed by atoms with E-state index in [1.807, 2.05) is 0 Å². The number of nitrogens with one attached hydrogen (secondary N) is 1. The van der Waals surface area contributed by atoms with Crippen molar-refractivity contribution in [2.24, 2.45) is 5.92 Å². The van der Waals surface area contributed by atoms with Gasteiger partial charge < -0.3 is 5.32 Å². The Hall–Kier alpha value is -1.06. The molecular weight excluding hydrogens is 188 g/mol. The summed E-state index contributed by atoms with van der Waals surface area (Å²) in [7, 11) is 0. The third-order valence-corrected chi connectivity index (χ3v) is 3.70. The first-order chi connectivity index (χ1) is 7.38. The highest BCUT2D eigenvalue weighted by Gasteiger charge is 2.33. The summed E-state index contributed by atoms with van der Waals surface area (Å²) in [6, 6.07) is 0.614. The number of rotatable bonds is 1. The maximum atomic E-state index is 4.60. The number of aromatic nitrogens is 3. The van der Waals surface area contributed by atoms with Crippen molar-refractivity contribution in [1.82, 2.24) is 14.8 Å². The summed E-state index contributed by atoms with van der Waals surface area (Å²) in [6.07, 6.45) is 6.29. The van der Waals surface area contributed by atoms with E-state index in [2.05, 4.69) is 27.0 Å². The van der Waals surface area contributed by atoms with E-state index in [1.54, 1.807) is 0 Å². The Morgan fingerprint density at radius 2 is 2.27 bits per heavy atom. The van der Waals surface area contributed by atoms with Gasteiger partial charge in [0.05, 0.1) is 6.04 Å². The molecule has 1 aliphatic heterocycles. The Bertz CT molecular complexity index is 357. The summed E-state index contributed by atoms with van der Waals surface area (Å²) in [5, 5.41) is 8.00. The topological polar surface area (TPSA) is 42.7 Å². The van der Waals surface area contributed by atoms with E-state index in [1.165, 1.54) is 25.7 Å². The summed E-state index contributed by atoms with van der Waals surface area (Å²) in [6.45, 7) is 3.20. The normalized spacial score (nSPS) is 29.1. The van der Waals surface area contributed by atoms with Crippen LogP contribution in [0.15, 0.2) is 0 Å². The van der Waals surface area contributed by atoms with Crippen LogP contribution in [0.5, 0.6) is 0 Å². The zero-order valence-electron chi connectivity index (χ0n) is 9.24. The molecule has 2 atom stereocenters. The van der Waals surface area contributed by atoms with E-state index in [0.717, 1.165) is 30.7 Å². The van der Waals surface area contributed by atoms with Crippen LogP contribution in [0.2, 0.25) is 0 Å². The second kappa shape index (κ2) is 3.51. The van der Waals surface area contributed by atoms with Crippen LogP contribution in [0, 0.1) is 5.92 Å². The molecule has 2 unspecified atom stereocenters. The van der Waals surface area contributed by atoms with Gasteiger partial charge in [0.2, 0.25) is 5.95 Å². The molecule has 4 nitrogen and oxygen atoms in total. The minimum absolute atomic E-state index is 0.614. The van der Waals surface area contributed by atoms with Gasteiger partial charge >= 0.3 is 0 Å². The lowest BCUT2D eigenvalue weighted by Gasteiger charge is -2.36. The van der Waals surface area contributed by atoms with Crippen molar-refractivity contribution in [2.45, 2.75) is 45.1 Å². The fourth-order valence-electron chi connectivity index (χ4n) is 2.84. The minimum Gasteiger partial charge on any atom is -0.354 e. The Kier molecular flexibility index (Phi) is 2.15. The highest BCUT2D eigenvalue weighted by Crippen LogP contribution is 2.37. The van der Waals surface area contributed by atoms with Crippen molar-refractivity contribution in [2.75, 3.05) is 11.9 Å². The molecule has 15 heavy (non-hydrogen) atoms. The average Bonchev–Trinajstić information content (AvgIpc) is 2.72. The number of fused-ring (bicyclic) bond motifs is 3. The number of hydrogen-bond donors (Lipinski definition) is 1. The van der Waals surface area contributed by atoms with E-state index in [9.17, 15) is 0 Å². The fraction of sp³-hybridized carbons (Fsp3) is 0.818. The summed E-state index contributed by atoms with van der Waals surface area (Å²) < 4.78 is 2.14. The number of hydrogen-bond acceptors (Lipinski definition) is 3. The molecule has 1 aliphatic carbocycles. The van der Waals surface area contributed by atoms with Crippen molar-refractivity contribution in [3.05, 3.63) is 5.82 Å². The van der Waals surface area contributed by atoms with Crippen LogP contribution < -0.4 is 5.32 Å². The Balaban J connectivity index is 1.95. The molecule has 0 amide bonds. The SMILES string of the molecule is CCc1nc2n(n1)C1CCCCC1CN2. The molecule has 82 valence electrons. The van der Waals surface area contributed by atoms with Crippen LogP contribution in [-0.4, -0.2) is 21.3 Å². The first kappa shape index (κ1) is 9.19. The van der Waals surface area contributed by atoms with Crippen molar-refractivity contribution in [3.8, 4) is 0 Å². The highest BCUT2D eigenvalue weighted by atomic mass is 15.4. The van der Waals surface area contributed by atoms with E-state index in [4.69, 9.17) is 0 Å². The molecule has 1 fully saturated rings. The zero-order valence-corrected chi connectivity index (χ0v) is 9.24. The zero-order chi connectivity index (χ0) is 10.3. The van der Waals surface area contributed by atoms with Gasteiger partial charge in [0.15, 0.2) is 5.82 Å². The Labute approximate surface area is 90.1 Å². The van der Waals surface area contributed by atoms with E-state index >= 15 is 0 Å². The monoisotopic (exact) mass is 206 g/mol. The predicted octanol–water partition coefficient (Wildman–Crippen LogP) is 2.00. The first-order valence-electron chi connectivity index (χ1n) is 6.07. The highest BCUT2D eigenvalue weighted by molar-refractivity contribution is 5.29. The molecule has 1 saturated carbocycles. The predicted molar refractivity (Wildman–Crippen MR) is 58.9 cm³/mol. The molecule has 0 saturated heterocycles. The molecule has 4 heteroatoms. The van der Waals surface area contributed by atoms with Gasteiger partial charge in [-0.05, 0) is 18.8 Å². The smallest absolute Gasteiger partial charge is 0.221 e. The number of nitrogens with zero attached hydrogens (tertiary/aromatic N) is 3. The molecule has 0 bridgehead atoms. The van der Waals surface area contributed by atoms with Crippen molar-refractivity contribution < 1.29 is 0 Å². The molecule has 0 radical (unpaired) electrons. The van der Waals surface area contributed by atoms with Crippen molar-refractivity contribution in [1.29, 1.82) is 0 Å². The third-order valence-electron chi connectivity index (χ3n) is 3.70. The van der Waals surface area contributed by atoms with Gasteiger partial charge in [-0.2, -0.15) is 10.1 Å². The Morgan fingerprint density at radius 1 is 1.40 bits per heavy atom. The molecule has 1 N–H and O–H groups in total. The molecule has 1 aromatic rings. The van der Waals surface area contributed by atoms with Crippen LogP contribution in [0.4, 0.5) is 5.95 Å². The second-order valence-electron chi connectivity index (χ2n) is 4.64. The van der Waals surface area contributed by atoms with Crippen molar-refractivity contribution >= 4 is 5.95 Å². The minimum atomic E-state index is 0.614. The quantitative estimate of drug-likeness (QED) is 0.764. The maximum absolute atomic E-state index is 4.60. The van der Waals surface area contributed by atoms with E-state index in [0.29, 0.717) is 6.04 Å². The van der Waals surface area contributed by atoms with Gasteiger partial charge in [-0.15, -0.1) is 0 Å². The summed E-state index contributed by atoms with van der Waals surface area (Å²) >= 11 is 0. The van der Waals surface area contributed by atoms with Crippen molar-refractivity contribution in [3.63, 3.8) is 0 Å². The van der Waals surface area contributed by atoms with Gasteiger partial charge in [-0.1, -0.05) is 19.8 Å². The van der Waals surface area contributed by atoms with Crippen LogP contribution in [-0.2, 0) is 6.42 Å². The van der Waals surface area contributed by atoms with Crippen LogP contribution in [0.25, 0.3) is 0 Å². The van der Waals surface area contributed by atoms with Gasteiger partial charge in [0.1, 0.15) is 0 Å². The molecule has 2 aliphatic rings. The van der Waals surface area contributed by atoms with Gasteiger partial charge in [0, 0.05) is 13.0 Å². The summed E-state index contributed by atoms with van der Waals surface area (Å²) in [4.78, 5) is 4.50. The largest absolute Gasteiger partial charge is 0.354 e. The first-order valence-corrected chi connectivity index (χ1v) is 6.07. The van der Waals surface area contributed by atoms with E-state index in [-0.39, 0.29) is 0 Å². The van der Waals surface area contributed by atoms with Crippen LogP contribution >= 0.6 is 0 Å². The molecule has 3 rings (SSSR count). The lowest BCUT2D eigenvalue weighted by atomic mass is 9.84. The van der Waals surface area contributed by atoms with Gasteiger partial charge in [-0.3, -0.25) is 0 Å². The van der Waals surface area contributed by atoms with Crippen LogP contribution in [0.3, 0.4) is 0 Å². The number of aryl methyl sites for hydroxylation is 1. The van der Waals surface area contributed by atoms with E-state index < -0.39 is 0 Å². The molecule has 0 aromatic carbocycles. The lowest BCUT2D eigenvalue weighted by Crippen LogP contribution is -2.35. The lowest BCUT2D eigenvalue weighted by molar-refractivity contribution is 0.221. The second-order valence-corrected chi connectivity index (χ2v) is 4.64. The molecule has 2 heterocycles. The molecule has 0 spiro atoms.